The minimum atomic E-state index is -1.08. The molecule has 1 unspecified atom stereocenters. The van der Waals surface area contributed by atoms with E-state index in [2.05, 4.69) is 10.6 Å². The number of carboxylic acid groups (broad SMARTS) is 1. The minimum absolute atomic E-state index is 0.327. The Morgan fingerprint density at radius 1 is 1.30 bits per heavy atom. The molecule has 0 aromatic rings. The van der Waals surface area contributed by atoms with Gasteiger partial charge in [-0.1, -0.05) is 0 Å². The lowest BCUT2D eigenvalue weighted by Gasteiger charge is -2.22. The summed E-state index contributed by atoms with van der Waals surface area (Å²) >= 11 is 0. The van der Waals surface area contributed by atoms with E-state index in [-0.39, 0.29) is 0 Å². The number of nitrogens with one attached hydrogen (secondary N) is 3. The normalized spacial score (nSPS) is 12.4. The van der Waals surface area contributed by atoms with E-state index in [0.29, 0.717) is 25.2 Å². The molecular weight excluding hydrogens is 262 g/mol. The Morgan fingerprint density at radius 3 is 2.35 bits per heavy atom. The van der Waals surface area contributed by atoms with Gasteiger partial charge in [-0.25, -0.2) is 9.59 Å². The van der Waals surface area contributed by atoms with Gasteiger partial charge in [-0.15, -0.1) is 0 Å². The standard InChI is InChI=1S/C13H25N3O4/c1-9(14)15-8-6-5-7-10(11(17)18)16-12(19)20-13(2,3)4/h10H,5-8H2,1-4H3,(H2,14,15)(H,16,19)(H,17,18). The Hall–Kier alpha value is -1.79. The van der Waals surface area contributed by atoms with Crippen molar-refractivity contribution in [2.24, 2.45) is 0 Å². The predicted molar refractivity (Wildman–Crippen MR) is 76.0 cm³/mol. The van der Waals surface area contributed by atoms with Crippen LogP contribution in [0.2, 0.25) is 0 Å². The predicted octanol–water partition coefficient (Wildman–Crippen LogP) is 1.72. The Labute approximate surface area is 119 Å². The van der Waals surface area contributed by atoms with Crippen molar-refractivity contribution < 1.29 is 19.4 Å². The smallest absolute Gasteiger partial charge is 0.408 e. The van der Waals surface area contributed by atoms with Gasteiger partial charge in [-0.05, 0) is 47.0 Å². The molecule has 0 aromatic carbocycles. The first kappa shape index (κ1) is 18.2. The summed E-state index contributed by atoms with van der Waals surface area (Å²) in [6.07, 6.45) is 0.967. The van der Waals surface area contributed by atoms with Gasteiger partial charge in [0.1, 0.15) is 11.6 Å². The number of carbonyl (C=O) groups excluding carboxylic acids is 1. The summed E-state index contributed by atoms with van der Waals surface area (Å²) in [6.45, 7) is 7.41. The molecule has 1 amide bonds. The number of alkyl carbamates (subject to hydrolysis) is 1. The zero-order valence-corrected chi connectivity index (χ0v) is 12.6. The van der Waals surface area contributed by atoms with Gasteiger partial charge in [0.05, 0.1) is 5.84 Å². The van der Waals surface area contributed by atoms with Crippen LogP contribution in [0.25, 0.3) is 0 Å². The number of rotatable bonds is 7. The van der Waals surface area contributed by atoms with E-state index in [0.717, 1.165) is 6.42 Å². The molecule has 0 rings (SSSR count). The molecule has 7 heteroatoms. The molecule has 0 heterocycles. The maximum atomic E-state index is 11.5. The first-order chi connectivity index (χ1) is 9.11. The van der Waals surface area contributed by atoms with Crippen LogP contribution in [0, 0.1) is 5.41 Å². The molecule has 1 atom stereocenters. The van der Waals surface area contributed by atoms with Crippen molar-refractivity contribution in [1.29, 1.82) is 5.41 Å². The molecule has 0 fully saturated rings. The minimum Gasteiger partial charge on any atom is -0.480 e. The lowest BCUT2D eigenvalue weighted by Crippen LogP contribution is -2.43. The molecule has 4 N–H and O–H groups in total. The van der Waals surface area contributed by atoms with Crippen molar-refractivity contribution in [2.45, 2.75) is 58.6 Å². The first-order valence-electron chi connectivity index (χ1n) is 6.63. The molecule has 0 aliphatic heterocycles. The molecule has 0 aromatic heterocycles. The number of hydrogen-bond donors (Lipinski definition) is 4. The summed E-state index contributed by atoms with van der Waals surface area (Å²) < 4.78 is 5.02. The fourth-order valence-electron chi connectivity index (χ4n) is 1.46. The van der Waals surface area contributed by atoms with E-state index < -0.39 is 23.7 Å². The second-order valence-corrected chi connectivity index (χ2v) is 5.58. The molecule has 7 nitrogen and oxygen atoms in total. The third-order valence-corrected chi connectivity index (χ3v) is 2.30. The Morgan fingerprint density at radius 2 is 1.90 bits per heavy atom. The number of aliphatic carboxylic acids is 1. The Balaban J connectivity index is 4.08. The van der Waals surface area contributed by atoms with Gasteiger partial charge < -0.3 is 20.5 Å². The molecular formula is C13H25N3O4. The van der Waals surface area contributed by atoms with Crippen LogP contribution in [0.4, 0.5) is 4.79 Å². The van der Waals surface area contributed by atoms with E-state index in [1.807, 2.05) is 0 Å². The fourth-order valence-corrected chi connectivity index (χ4v) is 1.46. The maximum absolute atomic E-state index is 11.5. The number of amidine groups is 1. The van der Waals surface area contributed by atoms with E-state index in [9.17, 15) is 9.59 Å². The molecule has 0 saturated carbocycles. The summed E-state index contributed by atoms with van der Waals surface area (Å²) in [4.78, 5) is 22.6. The zero-order valence-electron chi connectivity index (χ0n) is 12.6. The van der Waals surface area contributed by atoms with Crippen LogP contribution in [0.5, 0.6) is 0 Å². The average molecular weight is 287 g/mol. The van der Waals surface area contributed by atoms with Crippen LogP contribution >= 0.6 is 0 Å². The summed E-state index contributed by atoms with van der Waals surface area (Å²) in [5.41, 5.74) is -0.654. The van der Waals surface area contributed by atoms with E-state index >= 15 is 0 Å². The van der Waals surface area contributed by atoms with Crippen molar-refractivity contribution in [1.82, 2.24) is 10.6 Å². The second-order valence-electron chi connectivity index (χ2n) is 5.58. The molecule has 0 radical (unpaired) electrons. The number of unbranched alkanes of at least 4 members (excludes halogenated alkanes) is 1. The number of ether oxygens (including phenoxy) is 1. The fraction of sp³-hybridized carbons (Fsp3) is 0.769. The highest BCUT2D eigenvalue weighted by molar-refractivity contribution is 5.80. The molecule has 0 saturated heterocycles. The average Bonchev–Trinajstić information content (AvgIpc) is 2.23. The van der Waals surface area contributed by atoms with Gasteiger partial charge >= 0.3 is 12.1 Å². The lowest BCUT2D eigenvalue weighted by atomic mass is 10.1. The highest BCUT2D eigenvalue weighted by Gasteiger charge is 2.23. The third kappa shape index (κ3) is 10.2. The van der Waals surface area contributed by atoms with Crippen LogP contribution in [-0.4, -0.2) is 41.2 Å². The summed E-state index contributed by atoms with van der Waals surface area (Å²) in [5, 5.41) is 21.4. The van der Waals surface area contributed by atoms with E-state index in [4.69, 9.17) is 15.3 Å². The van der Waals surface area contributed by atoms with Crippen molar-refractivity contribution in [3.05, 3.63) is 0 Å². The highest BCUT2D eigenvalue weighted by atomic mass is 16.6. The van der Waals surface area contributed by atoms with Crippen LogP contribution < -0.4 is 10.6 Å². The SMILES string of the molecule is CC(=N)NCCCCC(NC(=O)OC(C)(C)C)C(=O)O. The van der Waals surface area contributed by atoms with E-state index in [1.54, 1.807) is 27.7 Å². The lowest BCUT2D eigenvalue weighted by molar-refractivity contribution is -0.139. The monoisotopic (exact) mass is 287 g/mol. The summed E-state index contributed by atoms with van der Waals surface area (Å²) in [7, 11) is 0. The molecule has 116 valence electrons. The number of hydrogen-bond acceptors (Lipinski definition) is 4. The van der Waals surface area contributed by atoms with Crippen LogP contribution in [0.15, 0.2) is 0 Å². The molecule has 0 aliphatic carbocycles. The van der Waals surface area contributed by atoms with Gasteiger partial charge in [0, 0.05) is 6.54 Å². The van der Waals surface area contributed by atoms with Crippen LogP contribution in [0.1, 0.15) is 47.0 Å². The number of amides is 1. The highest BCUT2D eigenvalue weighted by Crippen LogP contribution is 2.08. The van der Waals surface area contributed by atoms with Gasteiger partial charge in [0.25, 0.3) is 0 Å². The van der Waals surface area contributed by atoms with Gasteiger partial charge in [0.2, 0.25) is 0 Å². The van der Waals surface area contributed by atoms with Crippen molar-refractivity contribution in [3.8, 4) is 0 Å². The van der Waals surface area contributed by atoms with Crippen LogP contribution in [0.3, 0.4) is 0 Å². The summed E-state index contributed by atoms with van der Waals surface area (Å²) in [5.74, 6) is -0.696. The number of carboxylic acids is 1. The maximum Gasteiger partial charge on any atom is 0.408 e. The van der Waals surface area contributed by atoms with Gasteiger partial charge in [-0.2, -0.15) is 0 Å². The topological polar surface area (TPSA) is 112 Å². The third-order valence-electron chi connectivity index (χ3n) is 2.30. The second kappa shape index (κ2) is 8.39. The molecule has 20 heavy (non-hydrogen) atoms. The van der Waals surface area contributed by atoms with Crippen LogP contribution in [-0.2, 0) is 9.53 Å². The quantitative estimate of drug-likeness (QED) is 0.323. The summed E-state index contributed by atoms with van der Waals surface area (Å²) in [6, 6.07) is -0.953. The van der Waals surface area contributed by atoms with Crippen molar-refractivity contribution in [2.75, 3.05) is 6.54 Å². The number of carbonyl (C=O) groups is 2. The zero-order chi connectivity index (χ0) is 15.8. The Bertz CT molecular complexity index is 350. The van der Waals surface area contributed by atoms with Crippen molar-refractivity contribution in [3.63, 3.8) is 0 Å². The molecule has 0 bridgehead atoms. The van der Waals surface area contributed by atoms with E-state index in [1.165, 1.54) is 0 Å². The van der Waals surface area contributed by atoms with Gasteiger partial charge in [-0.3, -0.25) is 5.41 Å². The Kier molecular flexibility index (Phi) is 7.64. The largest absolute Gasteiger partial charge is 0.480 e. The van der Waals surface area contributed by atoms with Crippen molar-refractivity contribution >= 4 is 17.9 Å². The molecule has 0 aliphatic rings. The first-order valence-corrected chi connectivity index (χ1v) is 6.63. The van der Waals surface area contributed by atoms with Gasteiger partial charge in [0.15, 0.2) is 0 Å². The molecule has 0 spiro atoms.